The molecule has 3 heteroatoms. The second-order valence-electron chi connectivity index (χ2n) is 5.69. The molecule has 0 aliphatic heterocycles. The van der Waals surface area contributed by atoms with Gasteiger partial charge in [0.2, 0.25) is 0 Å². The molecule has 2 rings (SSSR count). The third-order valence-electron chi connectivity index (χ3n) is 4.31. The maximum atomic E-state index is 13.9. The van der Waals surface area contributed by atoms with E-state index in [0.717, 1.165) is 18.4 Å². The molecule has 0 saturated heterocycles. The van der Waals surface area contributed by atoms with Crippen molar-refractivity contribution in [3.05, 3.63) is 35.4 Å². The fraction of sp³-hybridized carbons (Fsp3) is 0.600. The molecule has 1 aromatic rings. The zero-order valence-electron chi connectivity index (χ0n) is 11.0. The van der Waals surface area contributed by atoms with Gasteiger partial charge >= 0.3 is 0 Å². The minimum atomic E-state index is -2.76. The SMILES string of the molecule is CC(C)C(F)(F)c1ccc(C2(CN)CCC2)cc1. The van der Waals surface area contributed by atoms with E-state index in [1.54, 1.807) is 26.0 Å². The number of hydrogen-bond donors (Lipinski definition) is 1. The molecule has 2 N–H and O–H groups in total. The van der Waals surface area contributed by atoms with Gasteiger partial charge in [-0.1, -0.05) is 44.5 Å². The molecule has 1 aliphatic carbocycles. The van der Waals surface area contributed by atoms with E-state index in [4.69, 9.17) is 5.73 Å². The summed E-state index contributed by atoms with van der Waals surface area (Å²) in [5, 5.41) is 0. The van der Waals surface area contributed by atoms with Crippen molar-refractivity contribution < 1.29 is 8.78 Å². The average molecular weight is 253 g/mol. The summed E-state index contributed by atoms with van der Waals surface area (Å²) < 4.78 is 27.7. The lowest BCUT2D eigenvalue weighted by Gasteiger charge is -2.41. The first kappa shape index (κ1) is 13.5. The highest BCUT2D eigenvalue weighted by atomic mass is 19.3. The normalized spacial score (nSPS) is 18.8. The Morgan fingerprint density at radius 3 is 2.11 bits per heavy atom. The van der Waals surface area contributed by atoms with E-state index in [1.165, 1.54) is 6.42 Å². The first-order valence-corrected chi connectivity index (χ1v) is 6.61. The van der Waals surface area contributed by atoms with Gasteiger partial charge in [0.25, 0.3) is 5.92 Å². The van der Waals surface area contributed by atoms with Crippen LogP contribution in [0.25, 0.3) is 0 Å². The summed E-state index contributed by atoms with van der Waals surface area (Å²) in [6, 6.07) is 6.78. The molecule has 0 unspecified atom stereocenters. The highest BCUT2D eigenvalue weighted by Crippen LogP contribution is 2.44. The molecule has 1 fully saturated rings. The Morgan fingerprint density at radius 2 is 1.78 bits per heavy atom. The second-order valence-corrected chi connectivity index (χ2v) is 5.69. The fourth-order valence-electron chi connectivity index (χ4n) is 2.59. The van der Waals surface area contributed by atoms with Crippen molar-refractivity contribution in [3.63, 3.8) is 0 Å². The third kappa shape index (κ3) is 2.05. The zero-order chi connectivity index (χ0) is 13.4. The van der Waals surface area contributed by atoms with Crippen LogP contribution in [0.2, 0.25) is 0 Å². The van der Waals surface area contributed by atoms with Crippen molar-refractivity contribution in [2.45, 2.75) is 44.4 Å². The highest BCUT2D eigenvalue weighted by molar-refractivity contribution is 5.33. The largest absolute Gasteiger partial charge is 0.330 e. The van der Waals surface area contributed by atoms with Crippen molar-refractivity contribution >= 4 is 0 Å². The van der Waals surface area contributed by atoms with E-state index in [0.29, 0.717) is 6.54 Å². The fourth-order valence-corrected chi connectivity index (χ4v) is 2.59. The van der Waals surface area contributed by atoms with Crippen LogP contribution in [0, 0.1) is 5.92 Å². The zero-order valence-corrected chi connectivity index (χ0v) is 11.0. The van der Waals surface area contributed by atoms with E-state index in [9.17, 15) is 8.78 Å². The minimum absolute atomic E-state index is 0.0473. The molecule has 1 aromatic carbocycles. The predicted octanol–water partition coefficient (Wildman–Crippen LogP) is 3.81. The quantitative estimate of drug-likeness (QED) is 0.867. The van der Waals surface area contributed by atoms with E-state index < -0.39 is 11.8 Å². The monoisotopic (exact) mass is 253 g/mol. The maximum absolute atomic E-state index is 13.9. The van der Waals surface area contributed by atoms with E-state index in [-0.39, 0.29) is 11.0 Å². The standard InChI is InChI=1S/C15H21F2N/c1-11(2)15(16,17)13-6-4-12(5-7-13)14(10-18)8-3-9-14/h4-7,11H,3,8-10,18H2,1-2H3. The number of rotatable bonds is 4. The lowest BCUT2D eigenvalue weighted by molar-refractivity contribution is -0.0514. The number of benzene rings is 1. The Balaban J connectivity index is 2.25. The summed E-state index contributed by atoms with van der Waals surface area (Å²) >= 11 is 0. The van der Waals surface area contributed by atoms with Gasteiger partial charge in [0, 0.05) is 23.4 Å². The van der Waals surface area contributed by atoms with Crippen LogP contribution in [-0.2, 0) is 11.3 Å². The van der Waals surface area contributed by atoms with E-state index in [1.807, 2.05) is 12.1 Å². The molecule has 0 spiro atoms. The molecule has 100 valence electrons. The molecule has 0 aromatic heterocycles. The summed E-state index contributed by atoms with van der Waals surface area (Å²) in [4.78, 5) is 0. The van der Waals surface area contributed by atoms with E-state index >= 15 is 0 Å². The van der Waals surface area contributed by atoms with Crippen molar-refractivity contribution in [1.29, 1.82) is 0 Å². The van der Waals surface area contributed by atoms with Crippen LogP contribution in [-0.4, -0.2) is 6.54 Å². The second kappa shape index (κ2) is 4.61. The molecular formula is C15H21F2N. The molecule has 0 radical (unpaired) electrons. The van der Waals surface area contributed by atoms with Gasteiger partial charge < -0.3 is 5.73 Å². The Hall–Kier alpha value is -0.960. The Morgan fingerprint density at radius 1 is 1.22 bits per heavy atom. The van der Waals surface area contributed by atoms with Crippen molar-refractivity contribution in [1.82, 2.24) is 0 Å². The molecule has 1 nitrogen and oxygen atoms in total. The van der Waals surface area contributed by atoms with Crippen molar-refractivity contribution in [2.75, 3.05) is 6.54 Å². The lowest BCUT2D eigenvalue weighted by atomic mass is 9.64. The molecule has 18 heavy (non-hydrogen) atoms. The summed E-state index contributed by atoms with van der Waals surface area (Å²) in [5.74, 6) is -3.44. The van der Waals surface area contributed by atoms with Gasteiger partial charge in [-0.05, 0) is 18.4 Å². The Bertz CT molecular complexity index is 378. The minimum Gasteiger partial charge on any atom is -0.330 e. The van der Waals surface area contributed by atoms with Crippen LogP contribution in [0.3, 0.4) is 0 Å². The van der Waals surface area contributed by atoms with Gasteiger partial charge in [-0.2, -0.15) is 0 Å². The van der Waals surface area contributed by atoms with Crippen LogP contribution in [0.15, 0.2) is 24.3 Å². The summed E-state index contributed by atoms with van der Waals surface area (Å²) in [6.07, 6.45) is 3.33. The molecule has 0 bridgehead atoms. The van der Waals surface area contributed by atoms with Gasteiger partial charge in [-0.25, -0.2) is 8.78 Å². The van der Waals surface area contributed by atoms with Gasteiger partial charge in [-0.3, -0.25) is 0 Å². The summed E-state index contributed by atoms with van der Waals surface area (Å²) in [6.45, 7) is 3.69. The Kier molecular flexibility index (Phi) is 3.45. The number of halogens is 2. The Labute approximate surface area is 107 Å². The topological polar surface area (TPSA) is 26.0 Å². The number of nitrogens with two attached hydrogens (primary N) is 1. The van der Waals surface area contributed by atoms with Gasteiger partial charge in [-0.15, -0.1) is 0 Å². The molecule has 0 amide bonds. The smallest absolute Gasteiger partial charge is 0.275 e. The average Bonchev–Trinajstić information content (AvgIpc) is 2.29. The van der Waals surface area contributed by atoms with Crippen LogP contribution < -0.4 is 5.73 Å². The molecular weight excluding hydrogens is 232 g/mol. The van der Waals surface area contributed by atoms with Crippen LogP contribution >= 0.6 is 0 Å². The summed E-state index contributed by atoms with van der Waals surface area (Å²) in [5.41, 5.74) is 7.09. The number of alkyl halides is 2. The van der Waals surface area contributed by atoms with Gasteiger partial charge in [0.1, 0.15) is 0 Å². The van der Waals surface area contributed by atoms with Crippen LogP contribution in [0.4, 0.5) is 8.78 Å². The first-order chi connectivity index (χ1) is 8.42. The molecule has 1 aliphatic rings. The van der Waals surface area contributed by atoms with Crippen LogP contribution in [0.1, 0.15) is 44.2 Å². The molecule has 0 atom stereocenters. The molecule has 0 heterocycles. The third-order valence-corrected chi connectivity index (χ3v) is 4.31. The first-order valence-electron chi connectivity index (χ1n) is 6.61. The van der Waals surface area contributed by atoms with Gasteiger partial charge in [0.05, 0.1) is 0 Å². The highest BCUT2D eigenvalue weighted by Gasteiger charge is 2.39. The van der Waals surface area contributed by atoms with Crippen LogP contribution in [0.5, 0.6) is 0 Å². The van der Waals surface area contributed by atoms with Crippen molar-refractivity contribution in [3.8, 4) is 0 Å². The van der Waals surface area contributed by atoms with E-state index in [2.05, 4.69) is 0 Å². The maximum Gasteiger partial charge on any atom is 0.275 e. The number of hydrogen-bond acceptors (Lipinski definition) is 1. The van der Waals surface area contributed by atoms with Crippen molar-refractivity contribution in [2.24, 2.45) is 11.7 Å². The molecule has 1 saturated carbocycles. The van der Waals surface area contributed by atoms with Gasteiger partial charge in [0.15, 0.2) is 0 Å². The lowest BCUT2D eigenvalue weighted by Crippen LogP contribution is -2.41. The predicted molar refractivity (Wildman–Crippen MR) is 69.8 cm³/mol. The summed E-state index contributed by atoms with van der Waals surface area (Å²) in [7, 11) is 0.